The van der Waals surface area contributed by atoms with Gasteiger partial charge >= 0.3 is 5.69 Å². The summed E-state index contributed by atoms with van der Waals surface area (Å²) in [4.78, 5) is 10.6. The first-order valence-electron chi connectivity index (χ1n) is 7.37. The number of nitro groups is 1. The maximum absolute atomic E-state index is 11.0. The van der Waals surface area contributed by atoms with Crippen molar-refractivity contribution >= 4 is 17.4 Å². The number of hydrogen-bond donors (Lipinski definition) is 1. The zero-order chi connectivity index (χ0) is 15.5. The molecule has 0 saturated carbocycles. The standard InChI is InChI=1S/C15H24N2O3S/c1-3-8-16-12-13-6-7-14(17(18)19)15(11-13)20-9-5-10-21-4-2/h6-7,11,16H,3-5,8-10,12H2,1-2H3. The van der Waals surface area contributed by atoms with Crippen LogP contribution in [0.25, 0.3) is 0 Å². The molecule has 1 aromatic carbocycles. The summed E-state index contributed by atoms with van der Waals surface area (Å²) in [5.74, 6) is 2.47. The predicted octanol–water partition coefficient (Wildman–Crippen LogP) is 3.62. The fraction of sp³-hybridized carbons (Fsp3) is 0.600. The lowest BCUT2D eigenvalue weighted by molar-refractivity contribution is -0.385. The Bertz CT molecular complexity index is 441. The van der Waals surface area contributed by atoms with E-state index in [9.17, 15) is 10.1 Å². The van der Waals surface area contributed by atoms with Crippen LogP contribution in [0.2, 0.25) is 0 Å². The van der Waals surface area contributed by atoms with Gasteiger partial charge in [-0.2, -0.15) is 11.8 Å². The van der Waals surface area contributed by atoms with Crippen LogP contribution in [0.3, 0.4) is 0 Å². The lowest BCUT2D eigenvalue weighted by atomic mass is 10.2. The van der Waals surface area contributed by atoms with E-state index in [0.717, 1.165) is 36.5 Å². The average Bonchev–Trinajstić information content (AvgIpc) is 2.47. The molecule has 118 valence electrons. The molecule has 0 atom stereocenters. The van der Waals surface area contributed by atoms with Gasteiger partial charge < -0.3 is 10.1 Å². The van der Waals surface area contributed by atoms with Crippen LogP contribution >= 0.6 is 11.8 Å². The Labute approximate surface area is 130 Å². The number of ether oxygens (including phenoxy) is 1. The van der Waals surface area contributed by atoms with Crippen molar-refractivity contribution in [1.82, 2.24) is 5.32 Å². The number of benzene rings is 1. The van der Waals surface area contributed by atoms with Gasteiger partial charge in [-0.05, 0) is 42.5 Å². The fourth-order valence-electron chi connectivity index (χ4n) is 1.83. The Kier molecular flexibility index (Phi) is 8.85. The van der Waals surface area contributed by atoms with Crippen LogP contribution in [-0.2, 0) is 6.54 Å². The summed E-state index contributed by atoms with van der Waals surface area (Å²) in [6.07, 6.45) is 1.96. The Balaban J connectivity index is 2.62. The molecule has 0 heterocycles. The summed E-state index contributed by atoms with van der Waals surface area (Å²) in [5.41, 5.74) is 1.05. The Hall–Kier alpha value is -1.27. The smallest absolute Gasteiger partial charge is 0.310 e. The molecule has 0 aliphatic heterocycles. The monoisotopic (exact) mass is 312 g/mol. The maximum atomic E-state index is 11.0. The topological polar surface area (TPSA) is 64.4 Å². The van der Waals surface area contributed by atoms with Gasteiger partial charge in [0, 0.05) is 12.6 Å². The van der Waals surface area contributed by atoms with E-state index in [1.807, 2.05) is 11.8 Å². The summed E-state index contributed by atoms with van der Waals surface area (Å²) in [6, 6.07) is 5.08. The van der Waals surface area contributed by atoms with Crippen molar-refractivity contribution in [3.63, 3.8) is 0 Å². The lowest BCUT2D eigenvalue weighted by Gasteiger charge is -2.09. The van der Waals surface area contributed by atoms with Crippen molar-refractivity contribution in [3.05, 3.63) is 33.9 Å². The van der Waals surface area contributed by atoms with Gasteiger partial charge in [0.05, 0.1) is 11.5 Å². The molecule has 0 bridgehead atoms. The summed E-state index contributed by atoms with van der Waals surface area (Å²) < 4.78 is 5.61. The molecule has 0 amide bonds. The number of rotatable bonds is 11. The second-order valence-corrected chi connectivity index (χ2v) is 6.03. The number of hydrogen-bond acceptors (Lipinski definition) is 5. The van der Waals surface area contributed by atoms with Crippen LogP contribution < -0.4 is 10.1 Å². The van der Waals surface area contributed by atoms with Crippen molar-refractivity contribution < 1.29 is 9.66 Å². The van der Waals surface area contributed by atoms with E-state index >= 15 is 0 Å². The van der Waals surface area contributed by atoms with Gasteiger partial charge in [0.2, 0.25) is 0 Å². The van der Waals surface area contributed by atoms with Gasteiger partial charge in [-0.15, -0.1) is 0 Å². The molecular weight excluding hydrogens is 288 g/mol. The summed E-state index contributed by atoms with van der Waals surface area (Å²) in [7, 11) is 0. The van der Waals surface area contributed by atoms with Gasteiger partial charge in [0.1, 0.15) is 0 Å². The first kappa shape index (κ1) is 17.8. The van der Waals surface area contributed by atoms with Crippen molar-refractivity contribution in [2.45, 2.75) is 33.2 Å². The molecule has 0 spiro atoms. The second-order valence-electron chi connectivity index (χ2n) is 4.63. The van der Waals surface area contributed by atoms with Crippen molar-refractivity contribution in [2.24, 2.45) is 0 Å². The SMILES string of the molecule is CCCNCc1ccc([N+](=O)[O-])c(OCCCSCC)c1. The van der Waals surface area contributed by atoms with Gasteiger partial charge in [0.15, 0.2) is 5.75 Å². The van der Waals surface area contributed by atoms with Gasteiger partial charge in [0.25, 0.3) is 0 Å². The zero-order valence-electron chi connectivity index (χ0n) is 12.8. The van der Waals surface area contributed by atoms with Gasteiger partial charge in [-0.1, -0.05) is 19.9 Å². The quantitative estimate of drug-likeness (QED) is 0.384. The van der Waals surface area contributed by atoms with Crippen molar-refractivity contribution in [1.29, 1.82) is 0 Å². The van der Waals surface area contributed by atoms with E-state index in [1.165, 1.54) is 6.07 Å². The Morgan fingerprint density at radius 3 is 2.86 bits per heavy atom. The Morgan fingerprint density at radius 2 is 2.19 bits per heavy atom. The number of nitrogens with zero attached hydrogens (tertiary/aromatic N) is 1. The van der Waals surface area contributed by atoms with Gasteiger partial charge in [-0.3, -0.25) is 10.1 Å². The molecule has 6 heteroatoms. The van der Waals surface area contributed by atoms with Crippen LogP contribution in [0.15, 0.2) is 18.2 Å². The predicted molar refractivity (Wildman–Crippen MR) is 88.2 cm³/mol. The molecule has 0 fully saturated rings. The highest BCUT2D eigenvalue weighted by Crippen LogP contribution is 2.28. The van der Waals surface area contributed by atoms with Crippen LogP contribution in [0, 0.1) is 10.1 Å². The second kappa shape index (κ2) is 10.5. The molecule has 0 aliphatic rings. The molecule has 21 heavy (non-hydrogen) atoms. The highest BCUT2D eigenvalue weighted by molar-refractivity contribution is 7.99. The van der Waals surface area contributed by atoms with Crippen LogP contribution in [-0.4, -0.2) is 29.6 Å². The van der Waals surface area contributed by atoms with Crippen LogP contribution in [0.4, 0.5) is 5.69 Å². The van der Waals surface area contributed by atoms with Crippen LogP contribution in [0.5, 0.6) is 5.75 Å². The molecule has 0 aliphatic carbocycles. The molecule has 5 nitrogen and oxygen atoms in total. The van der Waals surface area contributed by atoms with E-state index in [2.05, 4.69) is 19.2 Å². The minimum atomic E-state index is -0.390. The lowest BCUT2D eigenvalue weighted by Crippen LogP contribution is -2.14. The molecule has 1 rings (SSSR count). The van der Waals surface area contributed by atoms with Crippen molar-refractivity contribution in [2.75, 3.05) is 24.7 Å². The van der Waals surface area contributed by atoms with E-state index in [0.29, 0.717) is 18.9 Å². The summed E-state index contributed by atoms with van der Waals surface area (Å²) in [6.45, 7) is 6.36. The molecule has 1 N–H and O–H groups in total. The molecule has 1 aromatic rings. The number of nitrogens with one attached hydrogen (secondary N) is 1. The van der Waals surface area contributed by atoms with E-state index < -0.39 is 0 Å². The third-order valence-corrected chi connectivity index (χ3v) is 3.86. The first-order valence-corrected chi connectivity index (χ1v) is 8.53. The van der Waals surface area contributed by atoms with Crippen LogP contribution in [0.1, 0.15) is 32.3 Å². The largest absolute Gasteiger partial charge is 0.487 e. The molecule has 0 unspecified atom stereocenters. The number of nitro benzene ring substituents is 1. The third-order valence-electron chi connectivity index (χ3n) is 2.87. The molecular formula is C15H24N2O3S. The minimum Gasteiger partial charge on any atom is -0.487 e. The third kappa shape index (κ3) is 6.82. The van der Waals surface area contributed by atoms with E-state index in [1.54, 1.807) is 12.1 Å². The highest BCUT2D eigenvalue weighted by Gasteiger charge is 2.15. The molecule has 0 radical (unpaired) electrons. The zero-order valence-corrected chi connectivity index (χ0v) is 13.6. The Morgan fingerprint density at radius 1 is 1.38 bits per heavy atom. The first-order chi connectivity index (χ1) is 10.2. The van der Waals surface area contributed by atoms with E-state index in [4.69, 9.17) is 4.74 Å². The average molecular weight is 312 g/mol. The maximum Gasteiger partial charge on any atom is 0.310 e. The normalized spacial score (nSPS) is 10.6. The minimum absolute atomic E-state index is 0.0392. The highest BCUT2D eigenvalue weighted by atomic mass is 32.2. The summed E-state index contributed by atoms with van der Waals surface area (Å²) in [5, 5.41) is 14.3. The van der Waals surface area contributed by atoms with E-state index in [-0.39, 0.29) is 10.6 Å². The fourth-order valence-corrected chi connectivity index (χ4v) is 2.44. The molecule has 0 saturated heterocycles. The van der Waals surface area contributed by atoms with Gasteiger partial charge in [-0.25, -0.2) is 0 Å². The summed E-state index contributed by atoms with van der Waals surface area (Å²) >= 11 is 1.85. The number of thioether (sulfide) groups is 1. The van der Waals surface area contributed by atoms with Crippen molar-refractivity contribution in [3.8, 4) is 5.75 Å². The molecule has 0 aromatic heterocycles.